The van der Waals surface area contributed by atoms with Gasteiger partial charge in [-0.15, -0.1) is 35.5 Å². The summed E-state index contributed by atoms with van der Waals surface area (Å²) in [5.41, 5.74) is 7.91. The van der Waals surface area contributed by atoms with Crippen LogP contribution in [0.4, 0.5) is 0 Å². The summed E-state index contributed by atoms with van der Waals surface area (Å²) in [7, 11) is 0. The van der Waals surface area contributed by atoms with Gasteiger partial charge >= 0.3 is 0 Å². The van der Waals surface area contributed by atoms with Crippen LogP contribution in [0.3, 0.4) is 0 Å². The molecule has 0 unspecified atom stereocenters. The average Bonchev–Trinajstić information content (AvgIpc) is 3.20. The van der Waals surface area contributed by atoms with Crippen LogP contribution in [0.2, 0.25) is 0 Å². The van der Waals surface area contributed by atoms with Gasteiger partial charge < -0.3 is 10.3 Å². The highest BCUT2D eigenvalue weighted by Gasteiger charge is 2.39. The number of nitrogens with zero attached hydrogens (tertiary/aromatic N) is 3. The summed E-state index contributed by atoms with van der Waals surface area (Å²) in [5.74, 6) is 2.04. The van der Waals surface area contributed by atoms with Crippen molar-refractivity contribution < 1.29 is 4.52 Å². The highest BCUT2D eigenvalue weighted by Crippen LogP contribution is 2.37. The first-order valence-electron chi connectivity index (χ1n) is 7.90. The van der Waals surface area contributed by atoms with E-state index >= 15 is 0 Å². The van der Waals surface area contributed by atoms with Gasteiger partial charge in [-0.2, -0.15) is 4.98 Å². The topological polar surface area (TPSA) is 77.8 Å². The fourth-order valence-corrected chi connectivity index (χ4v) is 4.16. The van der Waals surface area contributed by atoms with Crippen molar-refractivity contribution in [1.29, 1.82) is 0 Å². The van der Waals surface area contributed by atoms with Gasteiger partial charge in [0.1, 0.15) is 0 Å². The molecule has 4 rings (SSSR count). The third-order valence-electron chi connectivity index (χ3n) is 4.27. The molecule has 5 nitrogen and oxygen atoms in total. The van der Waals surface area contributed by atoms with Crippen LogP contribution >= 0.6 is 35.5 Å². The Morgan fingerprint density at radius 2 is 2.00 bits per heavy atom. The lowest BCUT2D eigenvalue weighted by atomic mass is 9.77. The minimum Gasteiger partial charge on any atom is -0.334 e. The Balaban J connectivity index is 0.00000182. The van der Waals surface area contributed by atoms with Gasteiger partial charge in [0.05, 0.1) is 16.2 Å². The van der Waals surface area contributed by atoms with Gasteiger partial charge in [0.2, 0.25) is 0 Å². The summed E-state index contributed by atoms with van der Waals surface area (Å²) in [6.07, 6.45) is 2.99. The minimum atomic E-state index is -0.386. The first kappa shape index (κ1) is 18.4. The number of nitrogens with two attached hydrogens (primary N) is 1. The molecule has 0 radical (unpaired) electrons. The van der Waals surface area contributed by atoms with E-state index < -0.39 is 0 Å². The molecule has 3 aromatic rings. The number of hydrogen-bond acceptors (Lipinski definition) is 7. The number of thioether (sulfide) groups is 1. The first-order valence-corrected chi connectivity index (χ1v) is 9.76. The van der Waals surface area contributed by atoms with E-state index in [1.165, 1.54) is 4.90 Å². The molecule has 0 spiro atoms. The van der Waals surface area contributed by atoms with E-state index in [0.717, 1.165) is 41.3 Å². The molecule has 1 aliphatic rings. The van der Waals surface area contributed by atoms with Crippen molar-refractivity contribution in [3.8, 4) is 11.5 Å². The summed E-state index contributed by atoms with van der Waals surface area (Å²) < 4.78 is 5.39. The fourth-order valence-electron chi connectivity index (χ4n) is 2.65. The Labute approximate surface area is 160 Å². The van der Waals surface area contributed by atoms with Crippen LogP contribution in [0.25, 0.3) is 11.5 Å². The Bertz CT molecular complexity index is 842. The van der Waals surface area contributed by atoms with Crippen molar-refractivity contribution >= 4 is 35.5 Å². The molecule has 1 aromatic carbocycles. The normalized spacial score (nSPS) is 15.4. The zero-order valence-corrected chi connectivity index (χ0v) is 16.2. The largest absolute Gasteiger partial charge is 0.334 e. The molecular weight excluding hydrogens is 376 g/mol. The second kappa shape index (κ2) is 7.45. The molecule has 0 bridgehead atoms. The molecule has 132 valence electrons. The zero-order chi connectivity index (χ0) is 16.6. The van der Waals surface area contributed by atoms with Gasteiger partial charge in [-0.3, -0.25) is 0 Å². The lowest BCUT2D eigenvalue weighted by Gasteiger charge is -2.34. The molecule has 0 amide bonds. The summed E-state index contributed by atoms with van der Waals surface area (Å²) >= 11 is 3.46. The molecule has 1 fully saturated rings. The van der Waals surface area contributed by atoms with E-state index in [1.807, 2.05) is 19.1 Å². The van der Waals surface area contributed by atoms with E-state index in [0.29, 0.717) is 11.7 Å². The quantitative estimate of drug-likeness (QED) is 0.639. The van der Waals surface area contributed by atoms with Crippen molar-refractivity contribution in [2.75, 3.05) is 0 Å². The van der Waals surface area contributed by atoms with E-state index in [4.69, 9.17) is 10.3 Å². The van der Waals surface area contributed by atoms with Crippen LogP contribution in [0.1, 0.15) is 35.8 Å². The summed E-state index contributed by atoms with van der Waals surface area (Å²) in [6, 6.07) is 8.17. The lowest BCUT2D eigenvalue weighted by Crippen LogP contribution is -2.44. The Hall–Kier alpha value is -1.41. The molecule has 1 saturated carbocycles. The maximum Gasteiger partial charge on any atom is 0.257 e. The van der Waals surface area contributed by atoms with Crippen molar-refractivity contribution in [3.05, 3.63) is 46.2 Å². The second-order valence-electron chi connectivity index (χ2n) is 6.10. The van der Waals surface area contributed by atoms with Gasteiger partial charge in [0, 0.05) is 21.6 Å². The molecule has 8 heteroatoms. The molecule has 2 aromatic heterocycles. The highest BCUT2D eigenvalue weighted by molar-refractivity contribution is 7.98. The zero-order valence-electron chi connectivity index (χ0n) is 13.8. The summed E-state index contributed by atoms with van der Waals surface area (Å²) in [6.45, 7) is 2.03. The number of aromatic nitrogens is 3. The Morgan fingerprint density at radius 3 is 2.60 bits per heavy atom. The predicted octanol–water partition coefficient (Wildman–Crippen LogP) is 4.55. The van der Waals surface area contributed by atoms with Gasteiger partial charge in [0.15, 0.2) is 5.82 Å². The van der Waals surface area contributed by atoms with Crippen LogP contribution in [-0.2, 0) is 11.3 Å². The maximum atomic E-state index is 6.24. The number of halogens is 1. The third kappa shape index (κ3) is 3.89. The molecular formula is C17H19ClN4OS2. The lowest BCUT2D eigenvalue weighted by molar-refractivity contribution is 0.229. The fraction of sp³-hybridized carbons (Fsp3) is 0.353. The number of rotatable bonds is 5. The first-order chi connectivity index (χ1) is 11.6. The Kier molecular flexibility index (Phi) is 5.48. The van der Waals surface area contributed by atoms with Crippen molar-refractivity contribution in [2.24, 2.45) is 5.73 Å². The number of thiazole rings is 1. The standard InChI is InChI=1S/C17H18N4OS2.ClH/c1-11-19-13(9-23-11)10-24-14-5-3-12(4-6-14)15-20-16(21-22-15)17(18)7-2-8-17;/h3-6,9H,2,7-8,10,18H2,1H3;1H. The minimum absolute atomic E-state index is 0. The van der Waals surface area contributed by atoms with Gasteiger partial charge in [-0.05, 0) is 50.5 Å². The number of benzene rings is 1. The third-order valence-corrected chi connectivity index (χ3v) is 6.14. The van der Waals surface area contributed by atoms with E-state index in [-0.39, 0.29) is 17.9 Å². The molecule has 2 heterocycles. The monoisotopic (exact) mass is 394 g/mol. The van der Waals surface area contributed by atoms with Gasteiger partial charge in [-0.1, -0.05) is 5.16 Å². The molecule has 25 heavy (non-hydrogen) atoms. The SMILES string of the molecule is Cc1nc(CSc2ccc(-c3nc(C4(N)CCC4)no3)cc2)cs1.Cl. The average molecular weight is 395 g/mol. The molecule has 0 aliphatic heterocycles. The summed E-state index contributed by atoms with van der Waals surface area (Å²) in [5, 5.41) is 7.28. The molecule has 1 aliphatic carbocycles. The van der Waals surface area contributed by atoms with Crippen molar-refractivity contribution in [1.82, 2.24) is 15.1 Å². The van der Waals surface area contributed by atoms with Gasteiger partial charge in [-0.25, -0.2) is 4.98 Å². The van der Waals surface area contributed by atoms with E-state index in [1.54, 1.807) is 23.1 Å². The molecule has 0 atom stereocenters. The van der Waals surface area contributed by atoms with Crippen molar-refractivity contribution in [2.45, 2.75) is 42.4 Å². The van der Waals surface area contributed by atoms with Crippen LogP contribution in [0.5, 0.6) is 0 Å². The van der Waals surface area contributed by atoms with Gasteiger partial charge in [0.25, 0.3) is 5.89 Å². The highest BCUT2D eigenvalue weighted by atomic mass is 35.5. The van der Waals surface area contributed by atoms with Crippen LogP contribution < -0.4 is 5.73 Å². The number of aryl methyl sites for hydroxylation is 1. The van der Waals surface area contributed by atoms with Crippen LogP contribution in [0.15, 0.2) is 39.1 Å². The smallest absolute Gasteiger partial charge is 0.257 e. The second-order valence-corrected chi connectivity index (χ2v) is 8.21. The van der Waals surface area contributed by atoms with E-state index in [9.17, 15) is 0 Å². The van der Waals surface area contributed by atoms with E-state index in [2.05, 4.69) is 32.6 Å². The molecule has 0 saturated heterocycles. The van der Waals surface area contributed by atoms with Crippen LogP contribution in [0, 0.1) is 6.92 Å². The maximum absolute atomic E-state index is 6.24. The number of hydrogen-bond donors (Lipinski definition) is 1. The Morgan fingerprint density at radius 1 is 1.24 bits per heavy atom. The van der Waals surface area contributed by atoms with Crippen LogP contribution in [-0.4, -0.2) is 15.1 Å². The predicted molar refractivity (Wildman–Crippen MR) is 103 cm³/mol. The summed E-state index contributed by atoms with van der Waals surface area (Å²) in [4.78, 5) is 10.2. The molecule has 2 N–H and O–H groups in total. The van der Waals surface area contributed by atoms with Crippen molar-refractivity contribution in [3.63, 3.8) is 0 Å².